The number of hydrogen-bond acceptors (Lipinski definition) is 3. The number of carboxylic acid groups (broad SMARTS) is 1. The fraction of sp³-hybridized carbons (Fsp3) is 0.200. The lowest BCUT2D eigenvalue weighted by Gasteiger charge is -2.17. The van der Waals surface area contributed by atoms with E-state index in [9.17, 15) is 14.7 Å². The Kier molecular flexibility index (Phi) is 3.60. The molecule has 0 saturated carbocycles. The molecule has 0 spiro atoms. The van der Waals surface area contributed by atoms with E-state index in [-0.39, 0.29) is 11.6 Å². The Morgan fingerprint density at radius 1 is 1.25 bits per heavy atom. The van der Waals surface area contributed by atoms with E-state index in [1.807, 2.05) is 6.07 Å². The lowest BCUT2D eigenvalue weighted by molar-refractivity contribution is -0.141. The van der Waals surface area contributed by atoms with Gasteiger partial charge in [0.05, 0.1) is 7.47 Å². The first kappa shape index (κ1) is 12.6. The highest BCUT2D eigenvalue weighted by Gasteiger charge is 2.25. The number of benzene rings is 2. The quantitative estimate of drug-likeness (QED) is 0.786. The van der Waals surface area contributed by atoms with Gasteiger partial charge in [0.2, 0.25) is 0 Å². The largest absolute Gasteiger partial charge is 0.480 e. The van der Waals surface area contributed by atoms with Crippen molar-refractivity contribution < 1.29 is 21.2 Å². The number of aliphatic hydroxyl groups excluding tert-OH is 1. The molecule has 104 valence electrons. The molecule has 0 heterocycles. The molecule has 5 heteroatoms. The van der Waals surface area contributed by atoms with Gasteiger partial charge < -0.3 is 15.5 Å². The second-order valence-corrected chi connectivity index (χ2v) is 4.47. The van der Waals surface area contributed by atoms with Crippen LogP contribution in [0.3, 0.4) is 0 Å². The van der Waals surface area contributed by atoms with E-state index in [1.165, 1.54) is 13.0 Å². The Hall–Kier alpha value is -2.40. The zero-order chi connectivity index (χ0) is 15.6. The Balaban J connectivity index is 2.44. The van der Waals surface area contributed by atoms with Gasteiger partial charge in [-0.15, -0.1) is 0 Å². The molecular weight excluding hydrogens is 258 g/mol. The number of carbonyl (C=O) groups excluding carboxylic acids is 1. The predicted molar refractivity (Wildman–Crippen MR) is 74.5 cm³/mol. The third kappa shape index (κ3) is 2.78. The van der Waals surface area contributed by atoms with Crippen LogP contribution in [-0.4, -0.2) is 34.2 Å². The van der Waals surface area contributed by atoms with Crippen molar-refractivity contribution in [3.05, 3.63) is 48.0 Å². The minimum absolute atomic E-state index is 0.000863. The molecule has 2 atom stereocenters. The highest BCUT2D eigenvalue weighted by atomic mass is 16.4. The van der Waals surface area contributed by atoms with Crippen molar-refractivity contribution in [2.24, 2.45) is 0 Å². The molecule has 2 rings (SSSR count). The molecule has 0 aliphatic heterocycles. The van der Waals surface area contributed by atoms with Crippen LogP contribution in [-0.2, 0) is 4.79 Å². The SMILES string of the molecule is [2H]c1ccc2ccccc2c1C(=O)N[C@H](C(=O)O)[C@@H](C)O. The van der Waals surface area contributed by atoms with Crippen LogP contribution in [0, 0.1) is 0 Å². The maximum absolute atomic E-state index is 12.3. The van der Waals surface area contributed by atoms with Gasteiger partial charge in [0.25, 0.3) is 5.91 Å². The standard InChI is InChI=1S/C15H15NO4/c1-9(17)13(15(19)20)16-14(18)12-8-4-6-10-5-2-3-7-11(10)12/h2-9,13,17H,1H3,(H,16,18)(H,19,20)/t9-,13+/m1/s1/i8D. The van der Waals surface area contributed by atoms with Crippen molar-refractivity contribution in [2.45, 2.75) is 19.1 Å². The second kappa shape index (κ2) is 5.71. The summed E-state index contributed by atoms with van der Waals surface area (Å²) in [6.45, 7) is 1.28. The van der Waals surface area contributed by atoms with Crippen molar-refractivity contribution in [1.82, 2.24) is 5.32 Å². The summed E-state index contributed by atoms with van der Waals surface area (Å²) < 4.78 is 7.87. The zero-order valence-electron chi connectivity index (χ0n) is 11.8. The maximum Gasteiger partial charge on any atom is 0.328 e. The van der Waals surface area contributed by atoms with E-state index in [1.54, 1.807) is 24.3 Å². The average Bonchev–Trinajstić information content (AvgIpc) is 2.43. The van der Waals surface area contributed by atoms with E-state index in [0.29, 0.717) is 5.39 Å². The predicted octanol–water partition coefficient (Wildman–Crippen LogP) is 1.40. The summed E-state index contributed by atoms with van der Waals surface area (Å²) in [6, 6.07) is 8.82. The van der Waals surface area contributed by atoms with Gasteiger partial charge in [-0.25, -0.2) is 4.79 Å². The van der Waals surface area contributed by atoms with Crippen molar-refractivity contribution in [2.75, 3.05) is 0 Å². The van der Waals surface area contributed by atoms with Crippen molar-refractivity contribution in [3.8, 4) is 0 Å². The van der Waals surface area contributed by atoms with Gasteiger partial charge >= 0.3 is 5.97 Å². The lowest BCUT2D eigenvalue weighted by atomic mass is 10.0. The lowest BCUT2D eigenvalue weighted by Crippen LogP contribution is -2.47. The minimum Gasteiger partial charge on any atom is -0.480 e. The summed E-state index contributed by atoms with van der Waals surface area (Å²) in [4.78, 5) is 23.3. The number of aliphatic hydroxyl groups is 1. The van der Waals surface area contributed by atoms with Crippen molar-refractivity contribution >= 4 is 22.6 Å². The molecule has 0 saturated heterocycles. The van der Waals surface area contributed by atoms with Gasteiger partial charge in [0, 0.05) is 5.56 Å². The summed E-state index contributed by atoms with van der Waals surface area (Å²) in [5, 5.41) is 22.0. The normalized spacial score (nSPS) is 14.4. The first-order valence-electron chi connectivity index (χ1n) is 6.62. The molecule has 20 heavy (non-hydrogen) atoms. The summed E-state index contributed by atoms with van der Waals surface area (Å²) in [6.07, 6.45) is -1.24. The summed E-state index contributed by atoms with van der Waals surface area (Å²) in [5.41, 5.74) is 0.0972. The number of fused-ring (bicyclic) bond motifs is 1. The topological polar surface area (TPSA) is 86.6 Å². The molecule has 0 fully saturated rings. The molecule has 0 bridgehead atoms. The van der Waals surface area contributed by atoms with Gasteiger partial charge in [0.1, 0.15) is 0 Å². The van der Waals surface area contributed by atoms with E-state index < -0.39 is 24.0 Å². The zero-order valence-corrected chi connectivity index (χ0v) is 10.8. The molecular formula is C15H15NO4. The second-order valence-electron chi connectivity index (χ2n) is 4.47. The van der Waals surface area contributed by atoms with Crippen LogP contribution in [0.1, 0.15) is 18.7 Å². The van der Waals surface area contributed by atoms with Gasteiger partial charge in [-0.2, -0.15) is 0 Å². The average molecular weight is 274 g/mol. The molecule has 2 aromatic rings. The number of rotatable bonds is 4. The van der Waals surface area contributed by atoms with Crippen LogP contribution >= 0.6 is 0 Å². The molecule has 0 radical (unpaired) electrons. The van der Waals surface area contributed by atoms with Gasteiger partial charge in [-0.3, -0.25) is 4.79 Å². The molecule has 0 aliphatic carbocycles. The first-order valence-corrected chi connectivity index (χ1v) is 6.12. The molecule has 3 N–H and O–H groups in total. The minimum atomic E-state index is -1.42. The van der Waals surface area contributed by atoms with Gasteiger partial charge in [-0.05, 0) is 23.7 Å². The highest BCUT2D eigenvalue weighted by Crippen LogP contribution is 2.18. The molecule has 0 aliphatic rings. The summed E-state index contributed by atoms with van der Waals surface area (Å²) in [7, 11) is 0. The Morgan fingerprint density at radius 3 is 2.55 bits per heavy atom. The number of carbonyl (C=O) groups is 2. The van der Waals surface area contributed by atoms with Crippen LogP contribution in [0.4, 0.5) is 0 Å². The fourth-order valence-corrected chi connectivity index (χ4v) is 1.95. The van der Waals surface area contributed by atoms with Crippen LogP contribution in [0.15, 0.2) is 42.4 Å². The summed E-state index contributed by atoms with van der Waals surface area (Å²) >= 11 is 0. The maximum atomic E-state index is 12.3. The van der Waals surface area contributed by atoms with Gasteiger partial charge in [0.15, 0.2) is 6.04 Å². The molecule has 2 aromatic carbocycles. The number of hydrogen-bond donors (Lipinski definition) is 3. The number of nitrogens with one attached hydrogen (secondary N) is 1. The van der Waals surface area contributed by atoms with Crippen LogP contribution < -0.4 is 5.32 Å². The number of aliphatic carboxylic acids is 1. The van der Waals surface area contributed by atoms with Crippen molar-refractivity contribution in [1.29, 1.82) is 0 Å². The summed E-state index contributed by atoms with van der Waals surface area (Å²) in [5.74, 6) is -2.02. The van der Waals surface area contributed by atoms with E-state index >= 15 is 0 Å². The van der Waals surface area contributed by atoms with Crippen LogP contribution in [0.25, 0.3) is 10.8 Å². The third-order valence-corrected chi connectivity index (χ3v) is 2.98. The Bertz CT molecular complexity index is 699. The molecule has 5 nitrogen and oxygen atoms in total. The van der Waals surface area contributed by atoms with Crippen LogP contribution in [0.5, 0.6) is 0 Å². The first-order chi connectivity index (χ1) is 9.91. The molecule has 0 unspecified atom stereocenters. The number of amides is 1. The Labute approximate surface area is 117 Å². The molecule has 1 amide bonds. The van der Waals surface area contributed by atoms with Gasteiger partial charge in [-0.1, -0.05) is 36.4 Å². The van der Waals surface area contributed by atoms with Crippen molar-refractivity contribution in [3.63, 3.8) is 0 Å². The van der Waals surface area contributed by atoms with E-state index in [0.717, 1.165) is 5.39 Å². The number of carboxylic acids is 1. The molecule has 0 aromatic heterocycles. The fourth-order valence-electron chi connectivity index (χ4n) is 1.95. The van der Waals surface area contributed by atoms with E-state index in [2.05, 4.69) is 5.32 Å². The Morgan fingerprint density at radius 2 is 1.90 bits per heavy atom. The highest BCUT2D eigenvalue weighted by molar-refractivity contribution is 6.07. The third-order valence-electron chi connectivity index (χ3n) is 2.98. The van der Waals surface area contributed by atoms with Crippen LogP contribution in [0.2, 0.25) is 0 Å². The monoisotopic (exact) mass is 274 g/mol. The van der Waals surface area contributed by atoms with E-state index in [4.69, 9.17) is 6.48 Å². The smallest absolute Gasteiger partial charge is 0.328 e.